The van der Waals surface area contributed by atoms with E-state index in [0.717, 1.165) is 28.1 Å². The minimum Gasteiger partial charge on any atom is -0.396 e. The van der Waals surface area contributed by atoms with E-state index in [1.807, 2.05) is 13.8 Å². The molecule has 2 heterocycles. The molecule has 0 saturated heterocycles. The number of aromatic nitrogens is 2. The van der Waals surface area contributed by atoms with Crippen LogP contribution in [0.4, 0.5) is 0 Å². The highest BCUT2D eigenvalue weighted by Gasteiger charge is 2.12. The van der Waals surface area contributed by atoms with Crippen molar-refractivity contribution in [2.75, 3.05) is 6.61 Å². The van der Waals surface area contributed by atoms with Gasteiger partial charge in [0.15, 0.2) is 0 Å². The second kappa shape index (κ2) is 6.47. The molecule has 1 atom stereocenters. The van der Waals surface area contributed by atoms with E-state index in [0.29, 0.717) is 17.8 Å². The average Bonchev–Trinajstić information content (AvgIpc) is 2.69. The second-order valence-corrected chi connectivity index (χ2v) is 6.33. The van der Waals surface area contributed by atoms with Crippen molar-refractivity contribution in [3.05, 3.63) is 26.6 Å². The van der Waals surface area contributed by atoms with Crippen LogP contribution in [0.25, 0.3) is 10.2 Å². The highest BCUT2D eigenvalue weighted by atomic mass is 32.1. The second-order valence-electron chi connectivity index (χ2n) is 5.12. The molecular weight excluding hydrogens is 274 g/mol. The van der Waals surface area contributed by atoms with E-state index in [1.54, 1.807) is 11.3 Å². The Morgan fingerprint density at radius 3 is 2.90 bits per heavy atom. The fraction of sp³-hybridized carbons (Fsp3) is 0.571. The number of rotatable bonds is 6. The van der Waals surface area contributed by atoms with Gasteiger partial charge in [-0.3, -0.25) is 4.79 Å². The van der Waals surface area contributed by atoms with Crippen LogP contribution in [0.3, 0.4) is 0 Å². The zero-order valence-corrected chi connectivity index (χ0v) is 12.9. The molecule has 0 fully saturated rings. The molecule has 0 spiro atoms. The Labute approximate surface area is 122 Å². The number of aliphatic hydroxyl groups is 1. The largest absolute Gasteiger partial charge is 0.396 e. The van der Waals surface area contributed by atoms with E-state index >= 15 is 0 Å². The number of nitrogens with one attached hydrogen (secondary N) is 2. The van der Waals surface area contributed by atoms with E-state index in [2.05, 4.69) is 22.2 Å². The van der Waals surface area contributed by atoms with Crippen molar-refractivity contribution < 1.29 is 5.11 Å². The van der Waals surface area contributed by atoms with Crippen LogP contribution in [0.2, 0.25) is 0 Å². The van der Waals surface area contributed by atoms with Gasteiger partial charge >= 0.3 is 0 Å². The maximum atomic E-state index is 12.1. The molecule has 2 rings (SSSR count). The van der Waals surface area contributed by atoms with Gasteiger partial charge in [-0.1, -0.05) is 0 Å². The summed E-state index contributed by atoms with van der Waals surface area (Å²) in [5.41, 5.74) is 0.964. The molecule has 0 saturated carbocycles. The van der Waals surface area contributed by atoms with Crippen LogP contribution in [0.5, 0.6) is 0 Å². The first-order valence-electron chi connectivity index (χ1n) is 6.86. The molecule has 5 nitrogen and oxygen atoms in total. The van der Waals surface area contributed by atoms with Gasteiger partial charge in [-0.2, -0.15) is 0 Å². The number of hydrogen-bond donors (Lipinski definition) is 3. The topological polar surface area (TPSA) is 78.0 Å². The first-order valence-corrected chi connectivity index (χ1v) is 7.67. The van der Waals surface area contributed by atoms with E-state index in [-0.39, 0.29) is 18.2 Å². The van der Waals surface area contributed by atoms with Gasteiger partial charge in [0.25, 0.3) is 5.56 Å². The first kappa shape index (κ1) is 15.2. The van der Waals surface area contributed by atoms with Crippen molar-refractivity contribution in [2.24, 2.45) is 0 Å². The fourth-order valence-corrected chi connectivity index (χ4v) is 3.20. The Hall–Kier alpha value is -1.24. The number of H-pyrrole nitrogens is 1. The van der Waals surface area contributed by atoms with E-state index in [1.165, 1.54) is 0 Å². The molecular formula is C14H21N3O2S. The molecule has 0 aliphatic heterocycles. The number of aromatic amines is 1. The molecule has 0 radical (unpaired) electrons. The molecule has 0 bridgehead atoms. The number of fused-ring (bicyclic) bond motifs is 1. The zero-order valence-electron chi connectivity index (χ0n) is 12.1. The molecule has 0 aliphatic rings. The third-order valence-corrected chi connectivity index (χ3v) is 4.60. The molecule has 1 unspecified atom stereocenters. The van der Waals surface area contributed by atoms with Gasteiger partial charge in [0, 0.05) is 17.5 Å². The Morgan fingerprint density at radius 1 is 1.45 bits per heavy atom. The summed E-state index contributed by atoms with van der Waals surface area (Å²) >= 11 is 1.56. The van der Waals surface area contributed by atoms with E-state index < -0.39 is 0 Å². The molecule has 0 amide bonds. The van der Waals surface area contributed by atoms with Crippen molar-refractivity contribution in [3.8, 4) is 0 Å². The van der Waals surface area contributed by atoms with Gasteiger partial charge in [0.2, 0.25) is 0 Å². The van der Waals surface area contributed by atoms with Crippen molar-refractivity contribution in [3.63, 3.8) is 0 Å². The van der Waals surface area contributed by atoms with E-state index in [9.17, 15) is 4.79 Å². The lowest BCUT2D eigenvalue weighted by atomic mass is 10.2. The molecule has 110 valence electrons. The summed E-state index contributed by atoms with van der Waals surface area (Å²) < 4.78 is 0. The normalized spacial score (nSPS) is 13.0. The lowest BCUT2D eigenvalue weighted by molar-refractivity contribution is 0.276. The number of hydrogen-bond acceptors (Lipinski definition) is 5. The summed E-state index contributed by atoms with van der Waals surface area (Å²) in [5, 5.41) is 12.8. The highest BCUT2D eigenvalue weighted by Crippen LogP contribution is 2.25. The smallest absolute Gasteiger partial charge is 0.259 e. The molecule has 0 aliphatic carbocycles. The zero-order chi connectivity index (χ0) is 14.7. The van der Waals surface area contributed by atoms with Gasteiger partial charge < -0.3 is 15.4 Å². The molecule has 2 aromatic rings. The standard InChI is InChI=1S/C14H21N3O2S/c1-8(5-4-6-18)15-7-11-16-13(19)12-9(2)10(3)20-14(12)17-11/h8,15,18H,4-7H2,1-3H3,(H,16,17,19). The third-order valence-electron chi connectivity index (χ3n) is 3.50. The number of nitrogens with zero attached hydrogens (tertiary/aromatic N) is 1. The maximum absolute atomic E-state index is 12.1. The summed E-state index contributed by atoms with van der Waals surface area (Å²) in [6.07, 6.45) is 1.68. The van der Waals surface area contributed by atoms with Gasteiger partial charge in [0.05, 0.1) is 11.9 Å². The molecule has 0 aromatic carbocycles. The van der Waals surface area contributed by atoms with Crippen LogP contribution in [-0.4, -0.2) is 27.7 Å². The van der Waals surface area contributed by atoms with Crippen molar-refractivity contribution in [2.45, 2.75) is 46.2 Å². The summed E-state index contributed by atoms with van der Waals surface area (Å²) in [7, 11) is 0. The van der Waals surface area contributed by atoms with Crippen LogP contribution in [0, 0.1) is 13.8 Å². The monoisotopic (exact) mass is 295 g/mol. The minimum absolute atomic E-state index is 0.0586. The highest BCUT2D eigenvalue weighted by molar-refractivity contribution is 7.18. The molecule has 6 heteroatoms. The maximum Gasteiger partial charge on any atom is 0.259 e. The van der Waals surface area contributed by atoms with Crippen LogP contribution < -0.4 is 10.9 Å². The fourth-order valence-electron chi connectivity index (χ4n) is 2.15. The third kappa shape index (κ3) is 3.26. The van der Waals surface area contributed by atoms with Gasteiger partial charge in [-0.25, -0.2) is 4.98 Å². The lowest BCUT2D eigenvalue weighted by Gasteiger charge is -2.12. The van der Waals surface area contributed by atoms with Gasteiger partial charge in [0.1, 0.15) is 10.7 Å². The summed E-state index contributed by atoms with van der Waals surface area (Å²) in [5.74, 6) is 0.666. The Kier molecular flexibility index (Phi) is 4.91. The van der Waals surface area contributed by atoms with Crippen LogP contribution in [0.15, 0.2) is 4.79 Å². The van der Waals surface area contributed by atoms with Crippen LogP contribution in [0.1, 0.15) is 36.0 Å². The predicted octanol–water partition coefficient (Wildman–Crippen LogP) is 1.85. The van der Waals surface area contributed by atoms with Crippen LogP contribution in [-0.2, 0) is 6.54 Å². The average molecular weight is 295 g/mol. The van der Waals surface area contributed by atoms with Crippen molar-refractivity contribution >= 4 is 21.6 Å². The quantitative estimate of drug-likeness (QED) is 0.760. The van der Waals surface area contributed by atoms with Crippen LogP contribution >= 0.6 is 11.3 Å². The van der Waals surface area contributed by atoms with Gasteiger partial charge in [-0.15, -0.1) is 11.3 Å². The van der Waals surface area contributed by atoms with Crippen molar-refractivity contribution in [1.29, 1.82) is 0 Å². The molecule has 20 heavy (non-hydrogen) atoms. The summed E-state index contributed by atoms with van der Waals surface area (Å²) in [6, 6.07) is 0.287. The Bertz CT molecular complexity index is 648. The Balaban J connectivity index is 2.14. The predicted molar refractivity (Wildman–Crippen MR) is 82.3 cm³/mol. The number of aliphatic hydroxyl groups excluding tert-OH is 1. The Morgan fingerprint density at radius 2 is 2.20 bits per heavy atom. The lowest BCUT2D eigenvalue weighted by Crippen LogP contribution is -2.27. The van der Waals surface area contributed by atoms with Crippen molar-refractivity contribution in [1.82, 2.24) is 15.3 Å². The number of thiophene rings is 1. The first-order chi connectivity index (χ1) is 9.52. The SMILES string of the molecule is Cc1sc2nc(CNC(C)CCCO)[nH]c(=O)c2c1C. The van der Waals surface area contributed by atoms with E-state index in [4.69, 9.17) is 5.11 Å². The summed E-state index contributed by atoms with van der Waals surface area (Å²) in [4.78, 5) is 21.4. The van der Waals surface area contributed by atoms with Gasteiger partial charge in [-0.05, 0) is 39.2 Å². The summed E-state index contributed by atoms with van der Waals surface area (Å²) in [6.45, 7) is 6.77. The number of aryl methyl sites for hydroxylation is 2. The molecule has 3 N–H and O–H groups in total. The minimum atomic E-state index is -0.0586. The molecule has 2 aromatic heterocycles.